The standard InChI is InChI=1S/C18H22N2O4/c1-3-5-12-20-17(21)11-10-16(19-20)18(22)24-15-8-6-14(7-9-15)23-13-4-2/h6-11H,3-5,12-13H2,1-2H3. The highest BCUT2D eigenvalue weighted by molar-refractivity contribution is 5.88. The van der Waals surface area contributed by atoms with Crippen molar-refractivity contribution in [3.63, 3.8) is 0 Å². The number of carbonyl (C=O) groups is 1. The summed E-state index contributed by atoms with van der Waals surface area (Å²) in [6, 6.07) is 9.53. The van der Waals surface area contributed by atoms with Gasteiger partial charge in [0, 0.05) is 12.6 Å². The Bertz CT molecular complexity index is 723. The molecule has 1 aromatic carbocycles. The molecule has 1 heterocycles. The summed E-state index contributed by atoms with van der Waals surface area (Å²) in [6.45, 7) is 5.18. The molecule has 2 aromatic rings. The molecule has 0 bridgehead atoms. The Labute approximate surface area is 141 Å². The third-order valence-corrected chi connectivity index (χ3v) is 3.31. The summed E-state index contributed by atoms with van der Waals surface area (Å²) in [5.74, 6) is 0.530. The zero-order valence-electron chi connectivity index (χ0n) is 14.0. The van der Waals surface area contributed by atoms with Crippen LogP contribution in [0.25, 0.3) is 0 Å². The number of aromatic nitrogens is 2. The minimum Gasteiger partial charge on any atom is -0.494 e. The smallest absolute Gasteiger partial charge is 0.364 e. The van der Waals surface area contributed by atoms with Gasteiger partial charge in [0.2, 0.25) is 0 Å². The van der Waals surface area contributed by atoms with E-state index in [4.69, 9.17) is 9.47 Å². The zero-order valence-corrected chi connectivity index (χ0v) is 14.0. The maximum Gasteiger partial charge on any atom is 0.364 e. The third kappa shape index (κ3) is 4.94. The number of benzene rings is 1. The van der Waals surface area contributed by atoms with Gasteiger partial charge < -0.3 is 9.47 Å². The second kappa shape index (κ2) is 8.86. The molecule has 0 aliphatic rings. The fourth-order valence-corrected chi connectivity index (χ4v) is 2.01. The number of aryl methyl sites for hydroxylation is 1. The van der Waals surface area contributed by atoms with E-state index in [1.165, 1.54) is 16.8 Å². The maximum atomic E-state index is 12.2. The Balaban J connectivity index is 2.05. The molecule has 6 heteroatoms. The van der Waals surface area contributed by atoms with E-state index in [0.29, 0.717) is 18.9 Å². The van der Waals surface area contributed by atoms with Gasteiger partial charge in [0.1, 0.15) is 11.5 Å². The van der Waals surface area contributed by atoms with Crippen molar-refractivity contribution in [2.75, 3.05) is 6.61 Å². The Morgan fingerprint density at radius 2 is 1.75 bits per heavy atom. The normalized spacial score (nSPS) is 10.4. The van der Waals surface area contributed by atoms with Crippen LogP contribution in [0.2, 0.25) is 0 Å². The summed E-state index contributed by atoms with van der Waals surface area (Å²) in [4.78, 5) is 23.9. The van der Waals surface area contributed by atoms with Crippen LogP contribution < -0.4 is 15.0 Å². The minimum absolute atomic E-state index is 0.108. The van der Waals surface area contributed by atoms with Gasteiger partial charge in [-0.05, 0) is 43.2 Å². The van der Waals surface area contributed by atoms with Gasteiger partial charge in [0.25, 0.3) is 5.56 Å². The third-order valence-electron chi connectivity index (χ3n) is 3.31. The van der Waals surface area contributed by atoms with Crippen molar-refractivity contribution in [3.05, 3.63) is 52.4 Å². The number of hydrogen-bond acceptors (Lipinski definition) is 5. The summed E-state index contributed by atoms with van der Waals surface area (Å²) < 4.78 is 12.1. The molecular formula is C18H22N2O4. The molecule has 24 heavy (non-hydrogen) atoms. The van der Waals surface area contributed by atoms with Crippen molar-refractivity contribution >= 4 is 5.97 Å². The molecule has 2 rings (SSSR count). The van der Waals surface area contributed by atoms with Gasteiger partial charge in [-0.15, -0.1) is 0 Å². The largest absolute Gasteiger partial charge is 0.494 e. The number of hydrogen-bond donors (Lipinski definition) is 0. The first-order valence-corrected chi connectivity index (χ1v) is 8.17. The van der Waals surface area contributed by atoms with E-state index in [2.05, 4.69) is 5.10 Å². The van der Waals surface area contributed by atoms with Crippen molar-refractivity contribution < 1.29 is 14.3 Å². The van der Waals surface area contributed by atoms with Gasteiger partial charge in [0.15, 0.2) is 5.69 Å². The fourth-order valence-electron chi connectivity index (χ4n) is 2.01. The van der Waals surface area contributed by atoms with Gasteiger partial charge >= 0.3 is 5.97 Å². The number of unbranched alkanes of at least 4 members (excludes halogenated alkanes) is 1. The first-order valence-electron chi connectivity index (χ1n) is 8.17. The Hall–Kier alpha value is -2.63. The lowest BCUT2D eigenvalue weighted by molar-refractivity contribution is 0.0725. The molecule has 1 aromatic heterocycles. The lowest BCUT2D eigenvalue weighted by Gasteiger charge is -2.08. The average Bonchev–Trinajstić information content (AvgIpc) is 2.60. The van der Waals surface area contributed by atoms with Crippen LogP contribution >= 0.6 is 0 Å². The topological polar surface area (TPSA) is 70.4 Å². The van der Waals surface area contributed by atoms with Crippen molar-refractivity contribution in [3.8, 4) is 11.5 Å². The summed E-state index contributed by atoms with van der Waals surface area (Å²) in [6.07, 6.45) is 2.69. The quantitative estimate of drug-likeness (QED) is 0.549. The predicted molar refractivity (Wildman–Crippen MR) is 90.6 cm³/mol. The first kappa shape index (κ1) is 17.7. The number of rotatable bonds is 8. The lowest BCUT2D eigenvalue weighted by Crippen LogP contribution is -2.25. The van der Waals surface area contributed by atoms with Gasteiger partial charge in [-0.25, -0.2) is 9.48 Å². The molecule has 0 aliphatic heterocycles. The highest BCUT2D eigenvalue weighted by Gasteiger charge is 2.12. The first-order chi connectivity index (χ1) is 11.6. The molecule has 0 unspecified atom stereocenters. The summed E-state index contributed by atoms with van der Waals surface area (Å²) in [5.41, 5.74) is -0.116. The predicted octanol–water partition coefficient (Wildman–Crippen LogP) is 3.05. The van der Waals surface area contributed by atoms with Crippen LogP contribution in [-0.4, -0.2) is 22.4 Å². The van der Waals surface area contributed by atoms with Gasteiger partial charge in [-0.1, -0.05) is 20.3 Å². The molecule has 6 nitrogen and oxygen atoms in total. The Morgan fingerprint density at radius 1 is 1.04 bits per heavy atom. The molecule has 0 amide bonds. The molecule has 0 N–H and O–H groups in total. The fraction of sp³-hybridized carbons (Fsp3) is 0.389. The summed E-state index contributed by atoms with van der Waals surface area (Å²) in [5, 5.41) is 4.07. The van der Waals surface area contributed by atoms with Crippen LogP contribution in [-0.2, 0) is 6.54 Å². The van der Waals surface area contributed by atoms with Crippen LogP contribution in [0.4, 0.5) is 0 Å². The lowest BCUT2D eigenvalue weighted by atomic mass is 10.3. The number of esters is 1. The van der Waals surface area contributed by atoms with Crippen molar-refractivity contribution in [2.45, 2.75) is 39.7 Å². The van der Waals surface area contributed by atoms with Crippen LogP contribution in [0.15, 0.2) is 41.2 Å². The van der Waals surface area contributed by atoms with Crippen LogP contribution in [0.3, 0.4) is 0 Å². The van der Waals surface area contributed by atoms with Gasteiger partial charge in [0.05, 0.1) is 6.61 Å². The summed E-state index contributed by atoms with van der Waals surface area (Å²) in [7, 11) is 0. The molecule has 0 spiro atoms. The molecular weight excluding hydrogens is 308 g/mol. The molecule has 0 fully saturated rings. The van der Waals surface area contributed by atoms with E-state index >= 15 is 0 Å². The molecule has 0 radical (unpaired) electrons. The highest BCUT2D eigenvalue weighted by atomic mass is 16.5. The summed E-state index contributed by atoms with van der Waals surface area (Å²) >= 11 is 0. The molecule has 128 valence electrons. The van der Waals surface area contributed by atoms with Gasteiger partial charge in [-0.3, -0.25) is 4.79 Å². The highest BCUT2D eigenvalue weighted by Crippen LogP contribution is 2.18. The number of carbonyl (C=O) groups excluding carboxylic acids is 1. The molecule has 0 saturated carbocycles. The van der Waals surface area contributed by atoms with Crippen LogP contribution in [0, 0.1) is 0 Å². The zero-order chi connectivity index (χ0) is 17.4. The van der Waals surface area contributed by atoms with E-state index in [9.17, 15) is 9.59 Å². The van der Waals surface area contributed by atoms with Gasteiger partial charge in [-0.2, -0.15) is 5.10 Å². The second-order valence-corrected chi connectivity index (χ2v) is 5.34. The minimum atomic E-state index is -0.595. The average molecular weight is 330 g/mol. The number of nitrogens with zero attached hydrogens (tertiary/aromatic N) is 2. The van der Waals surface area contributed by atoms with E-state index in [1.807, 2.05) is 13.8 Å². The van der Waals surface area contributed by atoms with Crippen molar-refractivity contribution in [2.24, 2.45) is 0 Å². The van der Waals surface area contributed by atoms with E-state index < -0.39 is 5.97 Å². The Kier molecular flexibility index (Phi) is 6.54. The maximum absolute atomic E-state index is 12.2. The second-order valence-electron chi connectivity index (χ2n) is 5.34. The number of ether oxygens (including phenoxy) is 2. The molecule has 0 aliphatic carbocycles. The Morgan fingerprint density at radius 3 is 2.42 bits per heavy atom. The SMILES string of the molecule is CCCCn1nc(C(=O)Oc2ccc(OCCC)cc2)ccc1=O. The van der Waals surface area contributed by atoms with Crippen LogP contribution in [0.5, 0.6) is 11.5 Å². The van der Waals surface area contributed by atoms with Crippen molar-refractivity contribution in [1.82, 2.24) is 9.78 Å². The molecule has 0 atom stereocenters. The molecule has 0 saturated heterocycles. The van der Waals surface area contributed by atoms with E-state index in [-0.39, 0.29) is 11.3 Å². The van der Waals surface area contributed by atoms with Crippen molar-refractivity contribution in [1.29, 1.82) is 0 Å². The monoisotopic (exact) mass is 330 g/mol. The van der Waals surface area contributed by atoms with E-state index in [1.54, 1.807) is 24.3 Å². The van der Waals surface area contributed by atoms with E-state index in [0.717, 1.165) is 25.0 Å². The van der Waals surface area contributed by atoms with Crippen LogP contribution in [0.1, 0.15) is 43.6 Å².